The monoisotopic (exact) mass is 383 g/mol. The molecule has 1 aromatic rings. The van der Waals surface area contributed by atoms with E-state index >= 15 is 0 Å². The second-order valence-corrected chi connectivity index (χ2v) is 6.60. The molecule has 1 aromatic carbocycles. The predicted octanol–water partition coefficient (Wildman–Crippen LogP) is 5.27. The lowest BCUT2D eigenvalue weighted by molar-refractivity contribution is -0.137. The fraction of sp³-hybridized carbons (Fsp3) is 0.500. The van der Waals surface area contributed by atoms with Crippen LogP contribution in [-0.4, -0.2) is 23.5 Å². The zero-order valence-corrected chi connectivity index (χ0v) is 15.5. The molecule has 0 saturated carbocycles. The van der Waals surface area contributed by atoms with Crippen molar-refractivity contribution in [3.63, 3.8) is 0 Å². The molecule has 0 bridgehead atoms. The topological polar surface area (TPSA) is 57.6 Å². The molecule has 0 saturated heterocycles. The van der Waals surface area contributed by atoms with Gasteiger partial charge in [0, 0.05) is 24.1 Å². The maximum Gasteiger partial charge on any atom is 0.416 e. The van der Waals surface area contributed by atoms with Crippen LogP contribution in [0.15, 0.2) is 23.8 Å². The van der Waals surface area contributed by atoms with Crippen LogP contribution in [0.1, 0.15) is 63.5 Å². The summed E-state index contributed by atoms with van der Waals surface area (Å²) in [4.78, 5) is 25.6. The normalized spacial score (nSPS) is 16.6. The lowest BCUT2D eigenvalue weighted by Gasteiger charge is -2.24. The number of fused-ring (bicyclic) bond motifs is 1. The summed E-state index contributed by atoms with van der Waals surface area (Å²) in [6.45, 7) is 3.92. The molecule has 148 valence electrons. The first-order valence-corrected chi connectivity index (χ1v) is 9.18. The molecule has 0 aromatic heterocycles. The standard InChI is InChI=1S/C20H24F3NO3/c1-3-5-8-18(25)24-11-6-7-15(14(4-2)19(26)27)16-10-9-13(12-17(16)24)20(21,22)23/h9-10,12H,3-8,11H2,1-2H3,(H,26,27). The fourth-order valence-electron chi connectivity index (χ4n) is 3.38. The second-order valence-electron chi connectivity index (χ2n) is 6.60. The van der Waals surface area contributed by atoms with Crippen LogP contribution >= 0.6 is 0 Å². The number of carbonyl (C=O) groups is 2. The highest BCUT2D eigenvalue weighted by molar-refractivity contribution is 6.02. The minimum Gasteiger partial charge on any atom is -0.478 e. The Morgan fingerprint density at radius 3 is 2.48 bits per heavy atom. The first-order valence-electron chi connectivity index (χ1n) is 9.18. The van der Waals surface area contributed by atoms with Crippen LogP contribution in [0.3, 0.4) is 0 Å². The Morgan fingerprint density at radius 2 is 1.93 bits per heavy atom. The highest BCUT2D eigenvalue weighted by atomic mass is 19.4. The minimum absolute atomic E-state index is 0.158. The molecular formula is C20H24F3NO3. The summed E-state index contributed by atoms with van der Waals surface area (Å²) in [5.74, 6) is -1.31. The third-order valence-corrected chi connectivity index (χ3v) is 4.77. The quantitative estimate of drug-likeness (QED) is 0.705. The number of halogens is 3. The lowest BCUT2D eigenvalue weighted by Crippen LogP contribution is -2.31. The van der Waals surface area contributed by atoms with Crippen molar-refractivity contribution in [3.05, 3.63) is 34.9 Å². The third kappa shape index (κ3) is 4.70. The smallest absolute Gasteiger partial charge is 0.416 e. The van der Waals surface area contributed by atoms with Gasteiger partial charge in [-0.15, -0.1) is 0 Å². The van der Waals surface area contributed by atoms with E-state index in [9.17, 15) is 27.9 Å². The number of alkyl halides is 3. The third-order valence-electron chi connectivity index (χ3n) is 4.77. The van der Waals surface area contributed by atoms with Crippen LogP contribution in [0.25, 0.3) is 5.57 Å². The van der Waals surface area contributed by atoms with E-state index in [4.69, 9.17) is 0 Å². The number of allylic oxidation sites excluding steroid dienone is 1. The maximum absolute atomic E-state index is 13.2. The van der Waals surface area contributed by atoms with Crippen molar-refractivity contribution in [2.45, 2.75) is 58.5 Å². The molecule has 27 heavy (non-hydrogen) atoms. The summed E-state index contributed by atoms with van der Waals surface area (Å²) in [5, 5.41) is 9.50. The first-order chi connectivity index (χ1) is 12.7. The fourth-order valence-corrected chi connectivity index (χ4v) is 3.38. The van der Waals surface area contributed by atoms with E-state index in [1.807, 2.05) is 6.92 Å². The van der Waals surface area contributed by atoms with Gasteiger partial charge >= 0.3 is 12.1 Å². The van der Waals surface area contributed by atoms with Crippen molar-refractivity contribution in [1.82, 2.24) is 0 Å². The second kappa shape index (κ2) is 8.59. The highest BCUT2D eigenvalue weighted by Gasteiger charge is 2.34. The molecule has 2 rings (SSSR count). The Hall–Kier alpha value is -2.31. The summed E-state index contributed by atoms with van der Waals surface area (Å²) in [6, 6.07) is 3.23. The SMILES string of the molecule is CCCCC(=O)N1CCCC(=C(CC)C(=O)O)c2ccc(C(F)(F)F)cc21. The molecule has 7 heteroatoms. The largest absolute Gasteiger partial charge is 0.478 e. The summed E-state index contributed by atoms with van der Waals surface area (Å²) in [6.07, 6.45) is -1.66. The van der Waals surface area contributed by atoms with E-state index in [-0.39, 0.29) is 36.6 Å². The molecule has 1 aliphatic heterocycles. The summed E-state index contributed by atoms with van der Waals surface area (Å²) >= 11 is 0. The molecule has 0 unspecified atom stereocenters. The van der Waals surface area contributed by atoms with Gasteiger partial charge in [-0.25, -0.2) is 4.79 Å². The first kappa shape index (κ1) is 21.0. The molecule has 0 fully saturated rings. The zero-order valence-electron chi connectivity index (χ0n) is 15.5. The average Bonchev–Trinajstić information content (AvgIpc) is 2.79. The van der Waals surface area contributed by atoms with Gasteiger partial charge in [-0.2, -0.15) is 13.2 Å². The molecule has 0 radical (unpaired) electrons. The van der Waals surface area contributed by atoms with E-state index in [0.29, 0.717) is 30.4 Å². The molecule has 0 spiro atoms. The Morgan fingerprint density at radius 1 is 1.22 bits per heavy atom. The average molecular weight is 383 g/mol. The van der Waals surface area contributed by atoms with E-state index in [1.54, 1.807) is 6.92 Å². The van der Waals surface area contributed by atoms with Crippen LogP contribution in [0.4, 0.5) is 18.9 Å². The molecule has 1 heterocycles. The Labute approximate surface area is 156 Å². The van der Waals surface area contributed by atoms with Crippen LogP contribution in [-0.2, 0) is 15.8 Å². The number of benzene rings is 1. The molecule has 0 aliphatic carbocycles. The number of carboxylic acids is 1. The number of carbonyl (C=O) groups excluding carboxylic acids is 1. The van der Waals surface area contributed by atoms with Gasteiger partial charge < -0.3 is 10.0 Å². The van der Waals surface area contributed by atoms with Crippen molar-refractivity contribution in [2.24, 2.45) is 0 Å². The molecule has 1 amide bonds. The summed E-state index contributed by atoms with van der Waals surface area (Å²) in [5.41, 5.74) is 0.415. The van der Waals surface area contributed by atoms with E-state index in [2.05, 4.69) is 0 Å². The number of hydrogen-bond acceptors (Lipinski definition) is 2. The number of unbranched alkanes of at least 4 members (excludes halogenated alkanes) is 1. The van der Waals surface area contributed by atoms with E-state index < -0.39 is 17.7 Å². The van der Waals surface area contributed by atoms with Gasteiger partial charge in [0.2, 0.25) is 5.91 Å². The van der Waals surface area contributed by atoms with Gasteiger partial charge in [0.05, 0.1) is 11.3 Å². The number of aliphatic carboxylic acids is 1. The highest BCUT2D eigenvalue weighted by Crippen LogP contribution is 2.40. The molecular weight excluding hydrogens is 359 g/mol. The number of anilines is 1. The van der Waals surface area contributed by atoms with Gasteiger partial charge in [0.15, 0.2) is 0 Å². The number of nitrogens with zero attached hydrogens (tertiary/aromatic N) is 1. The molecule has 4 nitrogen and oxygen atoms in total. The number of hydrogen-bond donors (Lipinski definition) is 1. The summed E-state index contributed by atoms with van der Waals surface area (Å²) in [7, 11) is 0. The van der Waals surface area contributed by atoms with Crippen LogP contribution in [0.5, 0.6) is 0 Å². The molecule has 1 aliphatic rings. The molecule has 0 atom stereocenters. The molecule has 1 N–H and O–H groups in total. The van der Waals surface area contributed by atoms with Gasteiger partial charge in [0.1, 0.15) is 0 Å². The number of rotatable bonds is 5. The Kier molecular flexibility index (Phi) is 6.68. The van der Waals surface area contributed by atoms with E-state index in [0.717, 1.165) is 18.6 Å². The number of carboxylic acid groups (broad SMARTS) is 1. The van der Waals surface area contributed by atoms with Gasteiger partial charge in [-0.05, 0) is 43.4 Å². The van der Waals surface area contributed by atoms with Crippen LogP contribution < -0.4 is 4.90 Å². The lowest BCUT2D eigenvalue weighted by atomic mass is 9.93. The van der Waals surface area contributed by atoms with Crippen LogP contribution in [0.2, 0.25) is 0 Å². The summed E-state index contributed by atoms with van der Waals surface area (Å²) < 4.78 is 39.7. The predicted molar refractivity (Wildman–Crippen MR) is 97.4 cm³/mol. The van der Waals surface area contributed by atoms with Crippen molar-refractivity contribution >= 4 is 23.1 Å². The zero-order chi connectivity index (χ0) is 20.2. The Bertz CT molecular complexity index is 753. The van der Waals surface area contributed by atoms with Gasteiger partial charge in [0.25, 0.3) is 0 Å². The van der Waals surface area contributed by atoms with E-state index in [1.165, 1.54) is 11.0 Å². The van der Waals surface area contributed by atoms with Crippen molar-refractivity contribution in [2.75, 3.05) is 11.4 Å². The van der Waals surface area contributed by atoms with Crippen LogP contribution in [0, 0.1) is 0 Å². The Balaban J connectivity index is 2.66. The number of amides is 1. The van der Waals surface area contributed by atoms with Gasteiger partial charge in [-0.3, -0.25) is 4.79 Å². The van der Waals surface area contributed by atoms with Gasteiger partial charge in [-0.1, -0.05) is 26.3 Å². The van der Waals surface area contributed by atoms with Crippen molar-refractivity contribution in [1.29, 1.82) is 0 Å². The van der Waals surface area contributed by atoms with Crippen molar-refractivity contribution < 1.29 is 27.9 Å². The minimum atomic E-state index is -4.54. The van der Waals surface area contributed by atoms with Crippen molar-refractivity contribution in [3.8, 4) is 0 Å². The maximum atomic E-state index is 13.2.